The third-order valence-electron chi connectivity index (χ3n) is 2.22. The zero-order valence-corrected chi connectivity index (χ0v) is 10.8. The molecular formula is C12H11ClN2OS. The van der Waals surface area contributed by atoms with Crippen LogP contribution in [0.3, 0.4) is 0 Å². The van der Waals surface area contributed by atoms with Gasteiger partial charge in [0.1, 0.15) is 16.5 Å². The van der Waals surface area contributed by atoms with Crippen LogP contribution in [0.1, 0.15) is 11.1 Å². The highest BCUT2D eigenvalue weighted by atomic mass is 35.5. The van der Waals surface area contributed by atoms with E-state index in [1.165, 1.54) is 23.7 Å². The average molecular weight is 267 g/mol. The van der Waals surface area contributed by atoms with Crippen LogP contribution in [-0.4, -0.2) is 15.1 Å². The minimum absolute atomic E-state index is 0.159. The Hall–Kier alpha value is -1.10. The molecule has 0 fully saturated rings. The third kappa shape index (κ3) is 2.97. The number of hydrogen-bond acceptors (Lipinski definition) is 4. The van der Waals surface area contributed by atoms with Gasteiger partial charge in [-0.15, -0.1) is 0 Å². The van der Waals surface area contributed by atoms with Gasteiger partial charge in [0.15, 0.2) is 0 Å². The van der Waals surface area contributed by atoms with Gasteiger partial charge in [0.25, 0.3) is 0 Å². The molecule has 1 N–H and O–H groups in total. The number of aliphatic hydroxyl groups excluding tert-OH is 1. The molecule has 0 atom stereocenters. The summed E-state index contributed by atoms with van der Waals surface area (Å²) in [6.45, 7) is 1.87. The fourth-order valence-electron chi connectivity index (χ4n) is 1.39. The standard InChI is InChI=1S/C12H11ClN2OS/c1-8-3-2-4-9(5-8)17-12-10(6-16)11(13)14-7-15-12/h2-5,7,16H,6H2,1H3. The number of aromatic nitrogens is 2. The Bertz CT molecular complexity index is 534. The fourth-order valence-corrected chi connectivity index (χ4v) is 2.64. The number of aryl methyl sites for hydroxylation is 1. The van der Waals surface area contributed by atoms with Crippen molar-refractivity contribution in [2.75, 3.05) is 0 Å². The van der Waals surface area contributed by atoms with Crippen molar-refractivity contribution in [3.05, 3.63) is 46.9 Å². The highest BCUT2D eigenvalue weighted by Crippen LogP contribution is 2.31. The molecule has 0 saturated heterocycles. The lowest BCUT2D eigenvalue weighted by Crippen LogP contribution is -1.95. The van der Waals surface area contributed by atoms with Crippen LogP contribution >= 0.6 is 23.4 Å². The van der Waals surface area contributed by atoms with Gasteiger partial charge < -0.3 is 5.11 Å². The maximum absolute atomic E-state index is 9.25. The Kier molecular flexibility index (Phi) is 3.99. The summed E-state index contributed by atoms with van der Waals surface area (Å²) in [5.74, 6) is 0. The molecule has 5 heteroatoms. The van der Waals surface area contributed by atoms with Gasteiger partial charge in [-0.05, 0) is 19.1 Å². The minimum Gasteiger partial charge on any atom is -0.391 e. The number of benzene rings is 1. The summed E-state index contributed by atoms with van der Waals surface area (Å²) in [4.78, 5) is 9.06. The summed E-state index contributed by atoms with van der Waals surface area (Å²) in [5.41, 5.74) is 1.75. The quantitative estimate of drug-likeness (QED) is 0.868. The zero-order chi connectivity index (χ0) is 12.3. The van der Waals surface area contributed by atoms with E-state index in [-0.39, 0.29) is 6.61 Å². The van der Waals surface area contributed by atoms with Gasteiger partial charge in [0.05, 0.1) is 6.61 Å². The van der Waals surface area contributed by atoms with Gasteiger partial charge in [-0.1, -0.05) is 41.1 Å². The summed E-state index contributed by atoms with van der Waals surface area (Å²) in [7, 11) is 0. The molecule has 1 aromatic heterocycles. The number of hydrogen-bond donors (Lipinski definition) is 1. The zero-order valence-electron chi connectivity index (χ0n) is 9.22. The fraction of sp³-hybridized carbons (Fsp3) is 0.167. The molecule has 1 heterocycles. The Labute approximate surface area is 109 Å². The number of aliphatic hydroxyl groups is 1. The lowest BCUT2D eigenvalue weighted by Gasteiger charge is -2.07. The van der Waals surface area contributed by atoms with Crippen molar-refractivity contribution in [1.29, 1.82) is 0 Å². The van der Waals surface area contributed by atoms with Crippen molar-refractivity contribution in [2.45, 2.75) is 23.5 Å². The normalized spacial score (nSPS) is 10.5. The molecule has 2 aromatic rings. The Morgan fingerprint density at radius 1 is 1.35 bits per heavy atom. The van der Waals surface area contributed by atoms with Crippen LogP contribution < -0.4 is 0 Å². The minimum atomic E-state index is -0.159. The summed E-state index contributed by atoms with van der Waals surface area (Å²) < 4.78 is 0. The second kappa shape index (κ2) is 5.49. The molecule has 1 aromatic carbocycles. The number of halogens is 1. The van der Waals surface area contributed by atoms with Gasteiger partial charge in [-0.25, -0.2) is 9.97 Å². The van der Waals surface area contributed by atoms with E-state index >= 15 is 0 Å². The van der Waals surface area contributed by atoms with E-state index in [9.17, 15) is 5.11 Å². The molecular weight excluding hydrogens is 256 g/mol. The Balaban J connectivity index is 2.33. The molecule has 0 saturated carbocycles. The monoisotopic (exact) mass is 266 g/mol. The van der Waals surface area contributed by atoms with Crippen LogP contribution in [0.4, 0.5) is 0 Å². The lowest BCUT2D eigenvalue weighted by atomic mass is 10.2. The molecule has 0 bridgehead atoms. The molecule has 2 rings (SSSR count). The smallest absolute Gasteiger partial charge is 0.139 e. The number of nitrogens with zero attached hydrogens (tertiary/aromatic N) is 2. The Morgan fingerprint density at radius 2 is 2.18 bits per heavy atom. The first-order valence-electron chi connectivity index (χ1n) is 5.05. The van der Waals surface area contributed by atoms with Crippen LogP contribution in [0, 0.1) is 6.92 Å². The molecule has 0 spiro atoms. The average Bonchev–Trinajstić information content (AvgIpc) is 2.29. The summed E-state index contributed by atoms with van der Waals surface area (Å²) >= 11 is 7.37. The third-order valence-corrected chi connectivity index (χ3v) is 3.58. The van der Waals surface area contributed by atoms with Crippen LogP contribution in [0.2, 0.25) is 5.15 Å². The van der Waals surface area contributed by atoms with Gasteiger partial charge in [0, 0.05) is 10.5 Å². The van der Waals surface area contributed by atoms with Crippen molar-refractivity contribution in [1.82, 2.24) is 9.97 Å². The summed E-state index contributed by atoms with van der Waals surface area (Å²) in [6, 6.07) is 8.07. The van der Waals surface area contributed by atoms with Gasteiger partial charge in [-0.3, -0.25) is 0 Å². The first kappa shape index (κ1) is 12.4. The predicted molar refractivity (Wildman–Crippen MR) is 68.3 cm³/mol. The van der Waals surface area contributed by atoms with E-state index in [4.69, 9.17) is 11.6 Å². The van der Waals surface area contributed by atoms with Crippen LogP contribution in [0.15, 0.2) is 40.5 Å². The maximum Gasteiger partial charge on any atom is 0.139 e. The van der Waals surface area contributed by atoms with Crippen LogP contribution in [-0.2, 0) is 6.61 Å². The largest absolute Gasteiger partial charge is 0.391 e. The molecule has 0 unspecified atom stereocenters. The van der Waals surface area contributed by atoms with E-state index in [1.54, 1.807) is 0 Å². The summed E-state index contributed by atoms with van der Waals surface area (Å²) in [6.07, 6.45) is 1.40. The highest BCUT2D eigenvalue weighted by molar-refractivity contribution is 7.99. The van der Waals surface area contributed by atoms with E-state index < -0.39 is 0 Å². The summed E-state index contributed by atoms with van der Waals surface area (Å²) in [5, 5.41) is 10.3. The van der Waals surface area contributed by atoms with Gasteiger partial charge in [-0.2, -0.15) is 0 Å². The van der Waals surface area contributed by atoms with Crippen molar-refractivity contribution >= 4 is 23.4 Å². The molecule has 0 radical (unpaired) electrons. The molecule has 3 nitrogen and oxygen atoms in total. The lowest BCUT2D eigenvalue weighted by molar-refractivity contribution is 0.277. The predicted octanol–water partition coefficient (Wildman–Crippen LogP) is 3.08. The van der Waals surface area contributed by atoms with E-state index in [0.29, 0.717) is 15.7 Å². The van der Waals surface area contributed by atoms with E-state index in [1.807, 2.05) is 25.1 Å². The Morgan fingerprint density at radius 3 is 2.88 bits per heavy atom. The van der Waals surface area contributed by atoms with E-state index in [2.05, 4.69) is 16.0 Å². The molecule has 0 amide bonds. The van der Waals surface area contributed by atoms with E-state index in [0.717, 1.165) is 4.90 Å². The molecule has 88 valence electrons. The molecule has 0 aliphatic heterocycles. The van der Waals surface area contributed by atoms with Crippen molar-refractivity contribution < 1.29 is 5.11 Å². The van der Waals surface area contributed by atoms with Gasteiger partial charge >= 0.3 is 0 Å². The second-order valence-electron chi connectivity index (χ2n) is 3.52. The maximum atomic E-state index is 9.25. The topological polar surface area (TPSA) is 46.0 Å². The van der Waals surface area contributed by atoms with Crippen molar-refractivity contribution in [3.8, 4) is 0 Å². The van der Waals surface area contributed by atoms with Crippen molar-refractivity contribution in [2.24, 2.45) is 0 Å². The second-order valence-corrected chi connectivity index (χ2v) is 4.95. The number of rotatable bonds is 3. The van der Waals surface area contributed by atoms with Crippen LogP contribution in [0.5, 0.6) is 0 Å². The SMILES string of the molecule is Cc1cccc(Sc2ncnc(Cl)c2CO)c1. The molecule has 0 aliphatic carbocycles. The first-order chi connectivity index (χ1) is 8.20. The first-order valence-corrected chi connectivity index (χ1v) is 6.25. The van der Waals surface area contributed by atoms with Crippen molar-refractivity contribution in [3.63, 3.8) is 0 Å². The molecule has 17 heavy (non-hydrogen) atoms. The molecule has 0 aliphatic rings. The van der Waals surface area contributed by atoms with Gasteiger partial charge in [0.2, 0.25) is 0 Å². The highest BCUT2D eigenvalue weighted by Gasteiger charge is 2.10. The van der Waals surface area contributed by atoms with Crippen LogP contribution in [0.25, 0.3) is 0 Å².